The normalized spacial score (nSPS) is 28.9. The Morgan fingerprint density at radius 1 is 1.05 bits per heavy atom. The molecule has 1 aromatic heterocycles. The number of ether oxygens (including phenoxy) is 6. The molecule has 4 N–H and O–H groups in total. The zero-order valence-electron chi connectivity index (χ0n) is 32.0. The predicted octanol–water partition coefficient (Wildman–Crippen LogP) is 4.19. The number of aromatic amines is 1. The average molecular weight is 785 g/mol. The number of likely N-dealkylation sites (N-methyl/N-ethyl adjacent to an activating group) is 1. The number of H-pyrrole nitrogens is 1. The van der Waals surface area contributed by atoms with Gasteiger partial charge in [0.15, 0.2) is 28.5 Å². The van der Waals surface area contributed by atoms with Gasteiger partial charge in [0.05, 0.1) is 43.3 Å². The maximum absolute atomic E-state index is 14.9. The first-order chi connectivity index (χ1) is 27.0. The van der Waals surface area contributed by atoms with Gasteiger partial charge in [-0.1, -0.05) is 6.07 Å². The number of thioether (sulfide) groups is 1. The van der Waals surface area contributed by atoms with Gasteiger partial charge in [0.2, 0.25) is 6.79 Å². The number of hydrogen-bond donors (Lipinski definition) is 4. The molecule has 14 nitrogen and oxygen atoms in total. The van der Waals surface area contributed by atoms with Crippen LogP contribution in [0.15, 0.2) is 24.3 Å². The minimum absolute atomic E-state index is 0.0439. The minimum atomic E-state index is -1.28. The number of aryl methyl sites for hydroxylation is 1. The largest absolute Gasteiger partial charge is 0.504 e. The number of esters is 2. The number of aromatic nitrogens is 1. The van der Waals surface area contributed by atoms with Crippen molar-refractivity contribution in [3.05, 3.63) is 68.9 Å². The van der Waals surface area contributed by atoms with Crippen LogP contribution in [0.3, 0.4) is 0 Å². The number of benzene rings is 3. The second-order valence-corrected chi connectivity index (χ2v) is 16.8. The van der Waals surface area contributed by atoms with Crippen molar-refractivity contribution >= 4 is 34.6 Å². The minimum Gasteiger partial charge on any atom is -0.504 e. The van der Waals surface area contributed by atoms with E-state index in [0.717, 1.165) is 44.6 Å². The van der Waals surface area contributed by atoms with E-state index in [1.54, 1.807) is 14.2 Å². The van der Waals surface area contributed by atoms with E-state index in [1.807, 2.05) is 50.1 Å². The fourth-order valence-electron chi connectivity index (χ4n) is 10.6. The van der Waals surface area contributed by atoms with Crippen molar-refractivity contribution in [2.75, 3.05) is 47.0 Å². The topological polar surface area (TPSA) is 164 Å². The third-order valence-corrected chi connectivity index (χ3v) is 14.4. The van der Waals surface area contributed by atoms with Gasteiger partial charge in [-0.05, 0) is 68.6 Å². The zero-order chi connectivity index (χ0) is 38.9. The van der Waals surface area contributed by atoms with Gasteiger partial charge in [0.25, 0.3) is 0 Å². The van der Waals surface area contributed by atoms with Crippen LogP contribution in [0.2, 0.25) is 0 Å². The maximum atomic E-state index is 14.9. The Morgan fingerprint density at radius 2 is 1.86 bits per heavy atom. The summed E-state index contributed by atoms with van der Waals surface area (Å²) < 4.78 is 36.2. The van der Waals surface area contributed by atoms with E-state index in [1.165, 1.54) is 18.7 Å². The number of hydrogen-bond acceptors (Lipinski definition) is 14. The molecule has 0 amide bonds. The van der Waals surface area contributed by atoms with E-state index >= 15 is 0 Å². The van der Waals surface area contributed by atoms with Crippen molar-refractivity contribution in [1.82, 2.24) is 20.1 Å². The first-order valence-corrected chi connectivity index (χ1v) is 20.0. The SMILES string of the molecule is COc1ccc2[nH]c3c(c2c1)CCN[C@@]31CS[C@@H]2c3c(OC(C)=O)c(C)c4c(c3C(COC1=O)N1C2[C@H]2c3c(cc(C)c(OC)c3O)C[C@@H]([C@@H]1O)N2C)OCO4. The number of piperazine rings is 1. The van der Waals surface area contributed by atoms with E-state index in [9.17, 15) is 19.8 Å². The van der Waals surface area contributed by atoms with Gasteiger partial charge in [-0.2, -0.15) is 0 Å². The Labute approximate surface area is 327 Å². The molecule has 1 spiro atoms. The second kappa shape index (κ2) is 12.7. The lowest BCUT2D eigenvalue weighted by atomic mass is 9.73. The van der Waals surface area contributed by atoms with Crippen LogP contribution in [0.5, 0.6) is 34.5 Å². The molecule has 56 heavy (non-hydrogen) atoms. The summed E-state index contributed by atoms with van der Waals surface area (Å²) in [5.41, 5.74) is 5.79. The number of nitrogens with one attached hydrogen (secondary N) is 2. The highest BCUT2D eigenvalue weighted by Crippen LogP contribution is 2.64. The smallest absolute Gasteiger partial charge is 0.333 e. The third kappa shape index (κ3) is 4.71. The standard InChI is InChI=1S/C41H44N4O10S/c1-17-11-20-12-25-39(48)45-26-14-52-40(49)41(38-22(9-10-42-41)23-13-21(50-5)7-8-24(23)43-38)15-56-37(31(45)30(44(25)4)27(20)32(47)33(17)51-6)29-28(26)36-35(53-16-54-36)18(2)34(29)55-19(3)46/h7-8,11,13,25-26,30-31,37,39,42-43,47-48H,9-10,12,14-16H2,1-6H3/t25-,26?,30+,31?,37+,39-,41-/m0/s1. The van der Waals surface area contributed by atoms with E-state index in [2.05, 4.69) is 15.2 Å². The Morgan fingerprint density at radius 3 is 2.62 bits per heavy atom. The summed E-state index contributed by atoms with van der Waals surface area (Å²) in [5, 5.41) is 28.7. The number of aliphatic hydroxyl groups excluding tert-OH is 1. The lowest BCUT2D eigenvalue weighted by molar-refractivity contribution is -0.186. The van der Waals surface area contributed by atoms with Gasteiger partial charge in [-0.15, -0.1) is 11.8 Å². The third-order valence-electron chi connectivity index (χ3n) is 12.9. The Bertz CT molecular complexity index is 2360. The number of nitrogens with zero attached hydrogens (tertiary/aromatic N) is 2. The first-order valence-electron chi connectivity index (χ1n) is 18.9. The van der Waals surface area contributed by atoms with Crippen LogP contribution in [0.4, 0.5) is 0 Å². The average Bonchev–Trinajstić information content (AvgIpc) is 3.82. The fourth-order valence-corrected chi connectivity index (χ4v) is 12.2. The number of phenolic OH excluding ortho intramolecular Hbond substituents is 1. The molecule has 4 bridgehead atoms. The second-order valence-electron chi connectivity index (χ2n) is 15.6. The Balaban J connectivity index is 1.23. The fraction of sp³-hybridized carbons (Fsp3) is 0.463. The van der Waals surface area contributed by atoms with Crippen LogP contribution in [0.25, 0.3) is 10.9 Å². The molecule has 294 valence electrons. The van der Waals surface area contributed by atoms with Crippen LogP contribution in [-0.2, 0) is 32.7 Å². The molecule has 0 aliphatic carbocycles. The number of fused-ring (bicyclic) bond motifs is 11. The van der Waals surface area contributed by atoms with Crippen LogP contribution >= 0.6 is 11.8 Å². The molecule has 8 heterocycles. The summed E-state index contributed by atoms with van der Waals surface area (Å²) in [6.07, 6.45) is 0.129. The van der Waals surface area contributed by atoms with Crippen LogP contribution in [0.1, 0.15) is 68.9 Å². The quantitative estimate of drug-likeness (QED) is 0.173. The summed E-state index contributed by atoms with van der Waals surface area (Å²) >= 11 is 1.53. The van der Waals surface area contributed by atoms with Crippen molar-refractivity contribution in [3.8, 4) is 34.5 Å². The molecule has 3 aromatic carbocycles. The van der Waals surface area contributed by atoms with Crippen molar-refractivity contribution < 1.29 is 48.2 Å². The van der Waals surface area contributed by atoms with Gasteiger partial charge in [-0.25, -0.2) is 4.79 Å². The van der Waals surface area contributed by atoms with Crippen LogP contribution < -0.4 is 29.0 Å². The van der Waals surface area contributed by atoms with E-state index in [4.69, 9.17) is 28.4 Å². The lowest BCUT2D eigenvalue weighted by Crippen LogP contribution is -2.70. The van der Waals surface area contributed by atoms with Crippen molar-refractivity contribution in [1.29, 1.82) is 0 Å². The highest BCUT2D eigenvalue weighted by atomic mass is 32.2. The van der Waals surface area contributed by atoms with E-state index in [0.29, 0.717) is 59.1 Å². The molecule has 2 fully saturated rings. The number of aromatic hydroxyl groups is 1. The van der Waals surface area contributed by atoms with Gasteiger partial charge in [0, 0.05) is 58.4 Å². The molecule has 7 aliphatic rings. The van der Waals surface area contributed by atoms with E-state index < -0.39 is 47.1 Å². The number of methoxy groups -OCH3 is 2. The summed E-state index contributed by atoms with van der Waals surface area (Å²) in [7, 11) is 5.17. The van der Waals surface area contributed by atoms with Gasteiger partial charge in [0.1, 0.15) is 24.3 Å². The van der Waals surface area contributed by atoms with Gasteiger partial charge < -0.3 is 43.6 Å². The Kier molecular flexibility index (Phi) is 8.08. The Hall–Kier alpha value is -4.67. The molecule has 0 radical (unpaired) electrons. The maximum Gasteiger partial charge on any atom is 0.333 e. The molecular weight excluding hydrogens is 741 g/mol. The number of aliphatic hydroxyl groups is 1. The first kappa shape index (κ1) is 35.7. The summed E-state index contributed by atoms with van der Waals surface area (Å²) in [4.78, 5) is 35.6. The molecule has 0 saturated carbocycles. The zero-order valence-corrected chi connectivity index (χ0v) is 32.8. The number of carbonyl (C=O) groups is 2. The highest BCUT2D eigenvalue weighted by Gasteiger charge is 2.61. The summed E-state index contributed by atoms with van der Waals surface area (Å²) in [5.74, 6) is 1.73. The molecule has 4 aromatic rings. The van der Waals surface area contributed by atoms with Crippen molar-refractivity contribution in [2.24, 2.45) is 0 Å². The van der Waals surface area contributed by atoms with Gasteiger partial charge >= 0.3 is 11.9 Å². The van der Waals surface area contributed by atoms with E-state index in [-0.39, 0.29) is 30.9 Å². The molecule has 7 atom stereocenters. The number of rotatable bonds is 3. The number of carbonyl (C=O) groups excluding carboxylic acids is 2. The van der Waals surface area contributed by atoms with Crippen LogP contribution in [-0.4, -0.2) is 102 Å². The monoisotopic (exact) mass is 784 g/mol. The molecule has 2 saturated heterocycles. The molecule has 11 rings (SSSR count). The summed E-state index contributed by atoms with van der Waals surface area (Å²) in [6.45, 7) is 5.46. The highest BCUT2D eigenvalue weighted by molar-refractivity contribution is 7.99. The molecule has 15 heteroatoms. The molecular formula is C41H44N4O10S. The van der Waals surface area contributed by atoms with Crippen LogP contribution in [0, 0.1) is 13.8 Å². The van der Waals surface area contributed by atoms with Crippen molar-refractivity contribution in [2.45, 2.75) is 74.8 Å². The van der Waals surface area contributed by atoms with Crippen molar-refractivity contribution in [3.63, 3.8) is 0 Å². The summed E-state index contributed by atoms with van der Waals surface area (Å²) in [6, 6.07) is 5.77. The molecule has 2 unspecified atom stereocenters. The molecule has 7 aliphatic heterocycles. The lowest BCUT2D eigenvalue weighted by Gasteiger charge is -2.62. The van der Waals surface area contributed by atoms with Gasteiger partial charge in [-0.3, -0.25) is 19.9 Å². The number of phenols is 1. The predicted molar refractivity (Wildman–Crippen MR) is 205 cm³/mol.